The predicted molar refractivity (Wildman–Crippen MR) is 113 cm³/mol. The highest BCUT2D eigenvalue weighted by atomic mass is 16.5. The number of rotatable bonds is 9. The number of ether oxygens (including phenoxy) is 2. The quantitative estimate of drug-likeness (QED) is 0.501. The molecule has 1 heterocycles. The molecule has 0 spiro atoms. The lowest BCUT2D eigenvalue weighted by Crippen LogP contribution is -2.24. The first-order chi connectivity index (χ1) is 14.6. The normalized spacial score (nSPS) is 10.2. The van der Waals surface area contributed by atoms with Crippen LogP contribution in [0.2, 0.25) is 0 Å². The molecule has 0 aliphatic heterocycles. The molecule has 0 unspecified atom stereocenters. The third kappa shape index (κ3) is 5.54. The van der Waals surface area contributed by atoms with E-state index in [0.29, 0.717) is 34.2 Å². The van der Waals surface area contributed by atoms with E-state index in [4.69, 9.17) is 13.9 Å². The molecule has 3 aromatic rings. The highest BCUT2D eigenvalue weighted by Gasteiger charge is 2.10. The van der Waals surface area contributed by atoms with E-state index in [1.54, 1.807) is 75.1 Å². The van der Waals surface area contributed by atoms with Gasteiger partial charge in [-0.2, -0.15) is 0 Å². The Morgan fingerprint density at radius 1 is 1.00 bits per heavy atom. The molecule has 30 heavy (non-hydrogen) atoms. The molecule has 0 saturated carbocycles. The fourth-order valence-corrected chi connectivity index (χ4v) is 2.75. The molecule has 0 fully saturated rings. The first-order valence-electron chi connectivity index (χ1n) is 9.25. The van der Waals surface area contributed by atoms with Gasteiger partial charge in [-0.1, -0.05) is 6.07 Å². The Balaban J connectivity index is 1.56. The van der Waals surface area contributed by atoms with Gasteiger partial charge in [-0.3, -0.25) is 9.59 Å². The van der Waals surface area contributed by atoms with E-state index in [-0.39, 0.29) is 24.9 Å². The molecule has 0 aliphatic carbocycles. The largest absolute Gasteiger partial charge is 0.497 e. The van der Waals surface area contributed by atoms with Crippen LogP contribution in [0, 0.1) is 0 Å². The lowest BCUT2D eigenvalue weighted by atomic mass is 10.2. The van der Waals surface area contributed by atoms with Gasteiger partial charge in [0.1, 0.15) is 17.3 Å². The molecule has 2 amide bonds. The van der Waals surface area contributed by atoms with Crippen LogP contribution >= 0.6 is 0 Å². The summed E-state index contributed by atoms with van der Waals surface area (Å²) in [6, 6.07) is 15.5. The average molecular weight is 409 g/mol. The summed E-state index contributed by atoms with van der Waals surface area (Å²) in [6.45, 7) is 0.299. The maximum absolute atomic E-state index is 12.3. The molecular formula is C22H23N3O5. The second-order valence-corrected chi connectivity index (χ2v) is 6.31. The van der Waals surface area contributed by atoms with Gasteiger partial charge >= 0.3 is 0 Å². The van der Waals surface area contributed by atoms with Gasteiger partial charge in [-0.05, 0) is 42.5 Å². The van der Waals surface area contributed by atoms with Crippen LogP contribution in [0.4, 0.5) is 11.4 Å². The van der Waals surface area contributed by atoms with E-state index in [1.807, 2.05) is 0 Å². The number of carbonyl (C=O) groups excluding carboxylic acids is 2. The topological polar surface area (TPSA) is 102 Å². The minimum Gasteiger partial charge on any atom is -0.497 e. The Kier molecular flexibility index (Phi) is 6.94. The Bertz CT molecular complexity index is 1000. The van der Waals surface area contributed by atoms with Crippen LogP contribution < -0.4 is 25.4 Å². The van der Waals surface area contributed by atoms with E-state index in [2.05, 4.69) is 16.0 Å². The molecule has 2 aromatic carbocycles. The lowest BCUT2D eigenvalue weighted by Gasteiger charge is -2.13. The van der Waals surface area contributed by atoms with Crippen molar-refractivity contribution in [3.8, 4) is 11.5 Å². The summed E-state index contributed by atoms with van der Waals surface area (Å²) in [4.78, 5) is 24.7. The van der Waals surface area contributed by atoms with E-state index in [0.717, 1.165) is 0 Å². The molecule has 1 aromatic heterocycles. The average Bonchev–Trinajstić information content (AvgIpc) is 3.29. The van der Waals surface area contributed by atoms with Gasteiger partial charge in [-0.25, -0.2) is 0 Å². The van der Waals surface area contributed by atoms with Crippen LogP contribution in [0.3, 0.4) is 0 Å². The van der Waals surface area contributed by atoms with Gasteiger partial charge < -0.3 is 29.8 Å². The van der Waals surface area contributed by atoms with Crippen molar-refractivity contribution in [2.45, 2.75) is 6.54 Å². The summed E-state index contributed by atoms with van der Waals surface area (Å²) in [5.41, 5.74) is 1.59. The second-order valence-electron chi connectivity index (χ2n) is 6.31. The number of furan rings is 1. The van der Waals surface area contributed by atoms with Gasteiger partial charge in [0.05, 0.1) is 39.3 Å². The third-order valence-electron chi connectivity index (χ3n) is 4.26. The van der Waals surface area contributed by atoms with Crippen LogP contribution in [-0.2, 0) is 11.3 Å². The number of nitrogens with one attached hydrogen (secondary N) is 3. The van der Waals surface area contributed by atoms with Gasteiger partial charge in [0, 0.05) is 17.3 Å². The van der Waals surface area contributed by atoms with E-state index in [9.17, 15) is 9.59 Å². The molecular weight excluding hydrogens is 386 g/mol. The summed E-state index contributed by atoms with van der Waals surface area (Å²) in [5, 5.41) is 8.57. The highest BCUT2D eigenvalue weighted by molar-refractivity contribution is 5.98. The van der Waals surface area contributed by atoms with Crippen molar-refractivity contribution in [1.82, 2.24) is 5.32 Å². The standard InChI is InChI=1S/C22H23N3O5/c1-28-17-8-9-20(29-2)19(12-17)23-14-21(26)25-16-6-3-5-15(11-16)22(27)24-13-18-7-4-10-30-18/h3-12,23H,13-14H2,1-2H3,(H,24,27)(H,25,26). The Morgan fingerprint density at radius 2 is 1.87 bits per heavy atom. The Hall–Kier alpha value is -3.94. The molecule has 0 aliphatic rings. The van der Waals surface area contributed by atoms with Crippen molar-refractivity contribution in [3.63, 3.8) is 0 Å². The number of methoxy groups -OCH3 is 2. The number of anilines is 2. The van der Waals surface area contributed by atoms with Crippen LogP contribution in [-0.4, -0.2) is 32.6 Å². The minimum atomic E-state index is -0.270. The SMILES string of the molecule is COc1ccc(OC)c(NCC(=O)Nc2cccc(C(=O)NCc3ccco3)c2)c1. The lowest BCUT2D eigenvalue weighted by molar-refractivity contribution is -0.114. The van der Waals surface area contributed by atoms with Crippen LogP contribution in [0.25, 0.3) is 0 Å². The van der Waals surface area contributed by atoms with E-state index in [1.165, 1.54) is 0 Å². The van der Waals surface area contributed by atoms with Crippen molar-refractivity contribution in [2.24, 2.45) is 0 Å². The summed E-state index contributed by atoms with van der Waals surface area (Å²) in [7, 11) is 3.12. The third-order valence-corrected chi connectivity index (χ3v) is 4.26. The second kappa shape index (κ2) is 10.0. The van der Waals surface area contributed by atoms with Gasteiger partial charge in [0.2, 0.25) is 5.91 Å². The van der Waals surface area contributed by atoms with Crippen molar-refractivity contribution < 1.29 is 23.5 Å². The van der Waals surface area contributed by atoms with Crippen LogP contribution in [0.15, 0.2) is 65.3 Å². The van der Waals surface area contributed by atoms with Crippen molar-refractivity contribution in [3.05, 3.63) is 72.2 Å². The smallest absolute Gasteiger partial charge is 0.251 e. The molecule has 8 nitrogen and oxygen atoms in total. The number of hydrogen-bond donors (Lipinski definition) is 3. The predicted octanol–water partition coefficient (Wildman–Crippen LogP) is 3.28. The number of benzene rings is 2. The zero-order valence-electron chi connectivity index (χ0n) is 16.7. The first-order valence-corrected chi connectivity index (χ1v) is 9.25. The zero-order valence-corrected chi connectivity index (χ0v) is 16.7. The highest BCUT2D eigenvalue weighted by Crippen LogP contribution is 2.28. The maximum Gasteiger partial charge on any atom is 0.251 e. The van der Waals surface area contributed by atoms with Crippen molar-refractivity contribution >= 4 is 23.2 Å². The summed E-state index contributed by atoms with van der Waals surface area (Å²) >= 11 is 0. The maximum atomic E-state index is 12.3. The monoisotopic (exact) mass is 409 g/mol. The van der Waals surface area contributed by atoms with E-state index < -0.39 is 0 Å². The van der Waals surface area contributed by atoms with Crippen LogP contribution in [0.1, 0.15) is 16.1 Å². The molecule has 3 rings (SSSR count). The van der Waals surface area contributed by atoms with E-state index >= 15 is 0 Å². The fourth-order valence-electron chi connectivity index (χ4n) is 2.75. The minimum absolute atomic E-state index is 0.0123. The van der Waals surface area contributed by atoms with Gasteiger partial charge in [0.15, 0.2) is 0 Å². The van der Waals surface area contributed by atoms with Gasteiger partial charge in [0.25, 0.3) is 5.91 Å². The number of amides is 2. The molecule has 0 saturated heterocycles. The van der Waals surface area contributed by atoms with Gasteiger partial charge in [-0.15, -0.1) is 0 Å². The molecule has 0 radical (unpaired) electrons. The van der Waals surface area contributed by atoms with Crippen LogP contribution in [0.5, 0.6) is 11.5 Å². The molecule has 8 heteroatoms. The number of hydrogen-bond acceptors (Lipinski definition) is 6. The molecule has 156 valence electrons. The Labute approximate surface area is 174 Å². The number of carbonyl (C=O) groups is 2. The zero-order chi connectivity index (χ0) is 21.3. The summed E-state index contributed by atoms with van der Waals surface area (Å²) in [6.07, 6.45) is 1.55. The summed E-state index contributed by atoms with van der Waals surface area (Å²) < 4.78 is 15.7. The van der Waals surface area contributed by atoms with Crippen molar-refractivity contribution in [2.75, 3.05) is 31.4 Å². The Morgan fingerprint density at radius 3 is 2.60 bits per heavy atom. The molecule has 3 N–H and O–H groups in total. The molecule has 0 atom stereocenters. The van der Waals surface area contributed by atoms with Crippen molar-refractivity contribution in [1.29, 1.82) is 0 Å². The summed E-state index contributed by atoms with van der Waals surface area (Å²) in [5.74, 6) is 1.37. The fraction of sp³-hybridized carbons (Fsp3) is 0.182. The first kappa shape index (κ1) is 20.8. The molecule has 0 bridgehead atoms.